The van der Waals surface area contributed by atoms with Gasteiger partial charge < -0.3 is 5.73 Å². The number of nitrogen functional groups attached to an aromatic ring is 1. The normalized spacial score (nSPS) is 11.2. The molecule has 0 amide bonds. The predicted molar refractivity (Wildman–Crippen MR) is 76.4 cm³/mol. The van der Waals surface area contributed by atoms with Crippen molar-refractivity contribution >= 4 is 5.69 Å². The fourth-order valence-corrected chi connectivity index (χ4v) is 2.16. The molecule has 0 aliphatic carbocycles. The lowest BCUT2D eigenvalue weighted by atomic mass is 10.0. The van der Waals surface area contributed by atoms with Gasteiger partial charge in [-0.2, -0.15) is 0 Å². The maximum Gasteiger partial charge on any atom is 0.182 e. The zero-order chi connectivity index (χ0) is 14.7. The lowest BCUT2D eigenvalue weighted by molar-refractivity contribution is 0.392. The molecule has 108 valence electrons. The summed E-state index contributed by atoms with van der Waals surface area (Å²) < 4.78 is 15.5. The van der Waals surface area contributed by atoms with Crippen LogP contribution in [-0.4, -0.2) is 20.2 Å². The summed E-state index contributed by atoms with van der Waals surface area (Å²) >= 11 is 0. The summed E-state index contributed by atoms with van der Waals surface area (Å²) in [6, 6.07) is 3.15. The highest BCUT2D eigenvalue weighted by Crippen LogP contribution is 2.25. The van der Waals surface area contributed by atoms with Crippen LogP contribution in [0.15, 0.2) is 12.1 Å². The number of anilines is 1. The van der Waals surface area contributed by atoms with E-state index >= 15 is 0 Å². The summed E-state index contributed by atoms with van der Waals surface area (Å²) in [5.74, 6) is 0.726. The van der Waals surface area contributed by atoms with Crippen molar-refractivity contribution in [3.63, 3.8) is 0 Å². The third-order valence-electron chi connectivity index (χ3n) is 3.76. The van der Waals surface area contributed by atoms with Crippen LogP contribution in [0.4, 0.5) is 10.1 Å². The Morgan fingerprint density at radius 1 is 1.30 bits per heavy atom. The topological polar surface area (TPSA) is 69.6 Å². The van der Waals surface area contributed by atoms with Gasteiger partial charge in [0.15, 0.2) is 5.82 Å². The molecular formula is C14H20FN5. The van der Waals surface area contributed by atoms with E-state index in [1.165, 1.54) is 6.07 Å². The van der Waals surface area contributed by atoms with E-state index in [2.05, 4.69) is 29.4 Å². The quantitative estimate of drug-likeness (QED) is 0.853. The van der Waals surface area contributed by atoms with E-state index in [1.54, 1.807) is 17.7 Å². The third kappa shape index (κ3) is 2.79. The van der Waals surface area contributed by atoms with Gasteiger partial charge in [0.1, 0.15) is 5.82 Å². The molecule has 2 aromatic rings. The van der Waals surface area contributed by atoms with Crippen molar-refractivity contribution in [3.05, 3.63) is 23.5 Å². The first-order valence-corrected chi connectivity index (χ1v) is 6.88. The number of rotatable bonds is 5. The van der Waals surface area contributed by atoms with Crippen LogP contribution in [-0.2, 0) is 6.54 Å². The minimum Gasteiger partial charge on any atom is -0.398 e. The van der Waals surface area contributed by atoms with E-state index in [-0.39, 0.29) is 5.82 Å². The van der Waals surface area contributed by atoms with Gasteiger partial charge in [-0.05, 0) is 35.4 Å². The summed E-state index contributed by atoms with van der Waals surface area (Å²) in [6.07, 6.45) is 2.11. The van der Waals surface area contributed by atoms with Crippen LogP contribution in [0.5, 0.6) is 0 Å². The molecular weight excluding hydrogens is 257 g/mol. The molecule has 0 bridgehead atoms. The zero-order valence-electron chi connectivity index (χ0n) is 12.1. The summed E-state index contributed by atoms with van der Waals surface area (Å²) in [5.41, 5.74) is 7.29. The fourth-order valence-electron chi connectivity index (χ4n) is 2.16. The van der Waals surface area contributed by atoms with Crippen LogP contribution in [0.25, 0.3) is 11.4 Å². The molecule has 5 nitrogen and oxygen atoms in total. The second kappa shape index (κ2) is 5.98. The first-order valence-electron chi connectivity index (χ1n) is 6.88. The molecule has 0 radical (unpaired) electrons. The van der Waals surface area contributed by atoms with E-state index in [1.807, 2.05) is 0 Å². The molecule has 0 saturated carbocycles. The Morgan fingerprint density at radius 2 is 2.00 bits per heavy atom. The second-order valence-electron chi connectivity index (χ2n) is 5.04. The van der Waals surface area contributed by atoms with Crippen molar-refractivity contribution in [2.24, 2.45) is 5.92 Å². The molecule has 2 N–H and O–H groups in total. The molecule has 2 rings (SSSR count). The van der Waals surface area contributed by atoms with Crippen LogP contribution in [0.2, 0.25) is 0 Å². The lowest BCUT2D eigenvalue weighted by Gasteiger charge is -2.13. The smallest absolute Gasteiger partial charge is 0.182 e. The van der Waals surface area contributed by atoms with E-state index in [9.17, 15) is 4.39 Å². The number of nitrogens with zero attached hydrogens (tertiary/aromatic N) is 4. The highest BCUT2D eigenvalue weighted by atomic mass is 19.1. The first kappa shape index (κ1) is 14.4. The van der Waals surface area contributed by atoms with Gasteiger partial charge in [-0.3, -0.25) is 0 Å². The van der Waals surface area contributed by atoms with Gasteiger partial charge in [-0.15, -0.1) is 5.10 Å². The van der Waals surface area contributed by atoms with Gasteiger partial charge in [0.05, 0.1) is 0 Å². The molecule has 1 aromatic heterocycles. The van der Waals surface area contributed by atoms with E-state index in [4.69, 9.17) is 5.73 Å². The molecule has 0 atom stereocenters. The molecule has 0 aliphatic rings. The lowest BCUT2D eigenvalue weighted by Crippen LogP contribution is -2.12. The van der Waals surface area contributed by atoms with E-state index in [0.29, 0.717) is 28.6 Å². The van der Waals surface area contributed by atoms with Gasteiger partial charge >= 0.3 is 0 Å². The Bertz CT molecular complexity index is 566. The molecule has 1 heterocycles. The van der Waals surface area contributed by atoms with Crippen molar-refractivity contribution in [1.29, 1.82) is 0 Å². The predicted octanol–water partition coefficient (Wildman–Crippen LogP) is 2.81. The van der Waals surface area contributed by atoms with Crippen LogP contribution in [0, 0.1) is 18.7 Å². The Kier molecular flexibility index (Phi) is 4.32. The first-order chi connectivity index (χ1) is 9.56. The van der Waals surface area contributed by atoms with Crippen molar-refractivity contribution in [2.45, 2.75) is 40.2 Å². The molecule has 20 heavy (non-hydrogen) atoms. The molecule has 1 aromatic carbocycles. The molecule has 0 aliphatic heterocycles. The maximum atomic E-state index is 13.8. The summed E-state index contributed by atoms with van der Waals surface area (Å²) in [7, 11) is 0. The largest absolute Gasteiger partial charge is 0.398 e. The summed E-state index contributed by atoms with van der Waals surface area (Å²) in [6.45, 7) is 6.66. The Balaban J connectivity index is 2.37. The number of aromatic nitrogens is 4. The third-order valence-corrected chi connectivity index (χ3v) is 3.76. The van der Waals surface area contributed by atoms with Crippen molar-refractivity contribution < 1.29 is 4.39 Å². The minimum atomic E-state index is -0.336. The SMILES string of the molecule is CCC(CC)Cn1nnnc1-c1cc(N)c(C)c(F)c1. The van der Waals surface area contributed by atoms with Crippen molar-refractivity contribution in [2.75, 3.05) is 5.73 Å². The van der Waals surface area contributed by atoms with Crippen LogP contribution in [0.3, 0.4) is 0 Å². The number of benzene rings is 1. The van der Waals surface area contributed by atoms with Crippen LogP contribution in [0.1, 0.15) is 32.3 Å². The fraction of sp³-hybridized carbons (Fsp3) is 0.500. The number of tetrazole rings is 1. The van der Waals surface area contributed by atoms with E-state index in [0.717, 1.165) is 19.4 Å². The van der Waals surface area contributed by atoms with Crippen molar-refractivity contribution in [1.82, 2.24) is 20.2 Å². The highest BCUT2D eigenvalue weighted by molar-refractivity contribution is 5.63. The van der Waals surface area contributed by atoms with Gasteiger partial charge in [0.2, 0.25) is 0 Å². The number of hydrogen-bond donors (Lipinski definition) is 1. The monoisotopic (exact) mass is 277 g/mol. The average molecular weight is 277 g/mol. The summed E-state index contributed by atoms with van der Waals surface area (Å²) in [4.78, 5) is 0. The van der Waals surface area contributed by atoms with Crippen molar-refractivity contribution in [3.8, 4) is 11.4 Å². The van der Waals surface area contributed by atoms with Crippen LogP contribution >= 0.6 is 0 Å². The second-order valence-corrected chi connectivity index (χ2v) is 5.04. The number of hydrogen-bond acceptors (Lipinski definition) is 4. The Labute approximate surface area is 118 Å². The Hall–Kier alpha value is -1.98. The maximum absolute atomic E-state index is 13.8. The molecule has 0 unspecified atom stereocenters. The van der Waals surface area contributed by atoms with Crippen LogP contribution < -0.4 is 5.73 Å². The Morgan fingerprint density at radius 3 is 2.60 bits per heavy atom. The molecule has 0 fully saturated rings. The number of halogens is 1. The van der Waals surface area contributed by atoms with E-state index < -0.39 is 0 Å². The van der Waals surface area contributed by atoms with Gasteiger partial charge in [-0.25, -0.2) is 9.07 Å². The minimum absolute atomic E-state index is 0.336. The highest BCUT2D eigenvalue weighted by Gasteiger charge is 2.15. The number of nitrogens with two attached hydrogens (primary N) is 1. The van der Waals surface area contributed by atoms with Gasteiger partial charge in [0, 0.05) is 23.4 Å². The summed E-state index contributed by atoms with van der Waals surface area (Å²) in [5, 5.41) is 11.7. The molecule has 6 heteroatoms. The standard InChI is InChI=1S/C14H20FN5/c1-4-10(5-2)8-20-14(17-18-19-20)11-6-12(15)9(3)13(16)7-11/h6-7,10H,4-5,8,16H2,1-3H3. The molecule has 0 saturated heterocycles. The average Bonchev–Trinajstić information content (AvgIpc) is 2.89. The van der Waals surface area contributed by atoms with Gasteiger partial charge in [-0.1, -0.05) is 26.7 Å². The van der Waals surface area contributed by atoms with Gasteiger partial charge in [0.25, 0.3) is 0 Å². The zero-order valence-corrected chi connectivity index (χ0v) is 12.1. The molecule has 0 spiro atoms.